The largest absolute Gasteiger partial charge is 0.469 e. The van der Waals surface area contributed by atoms with Gasteiger partial charge in [0, 0.05) is 12.0 Å². The standard InChI is InChI=1S/C17H22O3S/c1-20-16(19)12-17(9-10-17)13-21-11-5-8-15(18)14-6-3-2-4-7-14/h2-4,6-7H,5,8-13H2,1H3. The lowest BCUT2D eigenvalue weighted by molar-refractivity contribution is -0.141. The van der Waals surface area contributed by atoms with Gasteiger partial charge in [-0.2, -0.15) is 11.8 Å². The van der Waals surface area contributed by atoms with E-state index in [0.29, 0.717) is 12.8 Å². The van der Waals surface area contributed by atoms with Crippen molar-refractivity contribution in [2.75, 3.05) is 18.6 Å². The van der Waals surface area contributed by atoms with Crippen LogP contribution < -0.4 is 0 Å². The molecule has 1 aliphatic carbocycles. The number of rotatable bonds is 9. The van der Waals surface area contributed by atoms with Crippen molar-refractivity contribution >= 4 is 23.5 Å². The van der Waals surface area contributed by atoms with E-state index in [1.54, 1.807) is 0 Å². The molecule has 1 aliphatic rings. The molecule has 0 aliphatic heterocycles. The second-order valence-electron chi connectivity index (χ2n) is 5.70. The second-order valence-corrected chi connectivity index (χ2v) is 6.80. The highest BCUT2D eigenvalue weighted by Gasteiger charge is 2.44. The van der Waals surface area contributed by atoms with E-state index in [-0.39, 0.29) is 17.2 Å². The van der Waals surface area contributed by atoms with Crippen LogP contribution in [0.3, 0.4) is 0 Å². The molecule has 1 saturated carbocycles. The van der Waals surface area contributed by atoms with Crippen LogP contribution in [0.25, 0.3) is 0 Å². The van der Waals surface area contributed by atoms with Gasteiger partial charge < -0.3 is 4.74 Å². The highest BCUT2D eigenvalue weighted by atomic mass is 32.2. The van der Waals surface area contributed by atoms with Gasteiger partial charge in [-0.3, -0.25) is 9.59 Å². The third-order valence-electron chi connectivity index (χ3n) is 3.90. The van der Waals surface area contributed by atoms with E-state index >= 15 is 0 Å². The number of benzene rings is 1. The fraction of sp³-hybridized carbons (Fsp3) is 0.529. The Hall–Kier alpha value is -1.29. The first-order valence-electron chi connectivity index (χ1n) is 7.38. The van der Waals surface area contributed by atoms with Gasteiger partial charge >= 0.3 is 5.97 Å². The summed E-state index contributed by atoms with van der Waals surface area (Å²) in [6.45, 7) is 0. The van der Waals surface area contributed by atoms with Crippen LogP contribution in [0, 0.1) is 5.41 Å². The van der Waals surface area contributed by atoms with E-state index in [1.165, 1.54) is 7.11 Å². The first-order valence-corrected chi connectivity index (χ1v) is 8.53. The maximum absolute atomic E-state index is 11.9. The molecule has 0 heterocycles. The molecule has 4 heteroatoms. The summed E-state index contributed by atoms with van der Waals surface area (Å²) in [4.78, 5) is 23.3. The van der Waals surface area contributed by atoms with E-state index in [2.05, 4.69) is 0 Å². The van der Waals surface area contributed by atoms with Crippen LogP contribution in [-0.4, -0.2) is 30.4 Å². The molecule has 1 aromatic rings. The van der Waals surface area contributed by atoms with Gasteiger partial charge in [-0.05, 0) is 36.2 Å². The number of esters is 1. The first-order chi connectivity index (χ1) is 10.2. The molecule has 21 heavy (non-hydrogen) atoms. The predicted molar refractivity (Wildman–Crippen MR) is 85.6 cm³/mol. The summed E-state index contributed by atoms with van der Waals surface area (Å²) in [6.07, 6.45) is 4.28. The van der Waals surface area contributed by atoms with Gasteiger partial charge in [0.1, 0.15) is 0 Å². The van der Waals surface area contributed by atoms with E-state index in [1.807, 2.05) is 42.1 Å². The number of ketones is 1. The molecule has 0 bridgehead atoms. The Kier molecular flexibility index (Phi) is 5.85. The summed E-state index contributed by atoms with van der Waals surface area (Å²) in [5.74, 6) is 2.09. The maximum Gasteiger partial charge on any atom is 0.306 e. The fourth-order valence-corrected chi connectivity index (χ4v) is 3.64. The fourth-order valence-electron chi connectivity index (χ4n) is 2.32. The van der Waals surface area contributed by atoms with Gasteiger partial charge in [-0.15, -0.1) is 0 Å². The van der Waals surface area contributed by atoms with Crippen LogP contribution in [0.2, 0.25) is 0 Å². The lowest BCUT2D eigenvalue weighted by Crippen LogP contribution is -2.13. The van der Waals surface area contributed by atoms with E-state index < -0.39 is 0 Å². The monoisotopic (exact) mass is 306 g/mol. The molecule has 0 atom stereocenters. The van der Waals surface area contributed by atoms with Gasteiger partial charge in [0.05, 0.1) is 13.5 Å². The lowest BCUT2D eigenvalue weighted by atomic mass is 10.1. The SMILES string of the molecule is COC(=O)CC1(CSCCCC(=O)c2ccccc2)CC1. The molecule has 0 N–H and O–H groups in total. The zero-order valence-electron chi connectivity index (χ0n) is 12.5. The second kappa shape index (κ2) is 7.64. The summed E-state index contributed by atoms with van der Waals surface area (Å²) in [5.41, 5.74) is 0.980. The Morgan fingerprint density at radius 3 is 2.57 bits per heavy atom. The van der Waals surface area contributed by atoms with Crippen molar-refractivity contribution in [1.82, 2.24) is 0 Å². The van der Waals surface area contributed by atoms with Gasteiger partial charge in [0.15, 0.2) is 5.78 Å². The normalized spacial score (nSPS) is 15.5. The van der Waals surface area contributed by atoms with Crippen LogP contribution in [-0.2, 0) is 9.53 Å². The van der Waals surface area contributed by atoms with Crippen molar-refractivity contribution in [2.24, 2.45) is 5.41 Å². The zero-order chi connectivity index (χ0) is 15.1. The van der Waals surface area contributed by atoms with Gasteiger partial charge in [-0.25, -0.2) is 0 Å². The molecule has 0 amide bonds. The number of carbonyl (C=O) groups excluding carboxylic acids is 2. The zero-order valence-corrected chi connectivity index (χ0v) is 13.3. The first kappa shape index (κ1) is 16.1. The Bertz CT molecular complexity index is 480. The number of Topliss-reactive ketones (excluding diaryl/α,β-unsaturated/α-hetero) is 1. The molecular formula is C17H22O3S. The molecule has 0 aromatic heterocycles. The van der Waals surface area contributed by atoms with Crippen molar-refractivity contribution in [1.29, 1.82) is 0 Å². The van der Waals surface area contributed by atoms with Gasteiger partial charge in [-0.1, -0.05) is 30.3 Å². The van der Waals surface area contributed by atoms with Gasteiger partial charge in [0.2, 0.25) is 0 Å². The number of hydrogen-bond donors (Lipinski definition) is 0. The highest BCUT2D eigenvalue weighted by Crippen LogP contribution is 2.51. The Morgan fingerprint density at radius 2 is 1.95 bits per heavy atom. The topological polar surface area (TPSA) is 43.4 Å². The molecule has 1 fully saturated rings. The summed E-state index contributed by atoms with van der Waals surface area (Å²) < 4.78 is 4.74. The highest BCUT2D eigenvalue weighted by molar-refractivity contribution is 7.99. The number of ether oxygens (including phenoxy) is 1. The Balaban J connectivity index is 1.60. The summed E-state index contributed by atoms with van der Waals surface area (Å²) in [5, 5.41) is 0. The predicted octanol–water partition coefficient (Wildman–Crippen LogP) is 3.73. The maximum atomic E-state index is 11.9. The summed E-state index contributed by atoms with van der Waals surface area (Å²) >= 11 is 1.85. The van der Waals surface area contributed by atoms with Crippen molar-refractivity contribution in [3.8, 4) is 0 Å². The molecule has 0 spiro atoms. The molecule has 114 valence electrons. The van der Waals surface area contributed by atoms with Crippen LogP contribution in [0.1, 0.15) is 42.5 Å². The quantitative estimate of drug-likeness (QED) is 0.396. The molecule has 0 radical (unpaired) electrons. The van der Waals surface area contributed by atoms with Crippen LogP contribution in [0.5, 0.6) is 0 Å². The van der Waals surface area contributed by atoms with Crippen LogP contribution in [0.15, 0.2) is 30.3 Å². The number of thioether (sulfide) groups is 1. The van der Waals surface area contributed by atoms with Gasteiger partial charge in [0.25, 0.3) is 0 Å². The molecule has 1 aromatic carbocycles. The third kappa shape index (κ3) is 5.20. The van der Waals surface area contributed by atoms with Crippen LogP contribution in [0.4, 0.5) is 0 Å². The minimum atomic E-state index is -0.104. The molecular weight excluding hydrogens is 284 g/mol. The average Bonchev–Trinajstić information content (AvgIpc) is 3.27. The average molecular weight is 306 g/mol. The molecule has 2 rings (SSSR count). The smallest absolute Gasteiger partial charge is 0.306 e. The number of methoxy groups -OCH3 is 1. The van der Waals surface area contributed by atoms with Crippen LogP contribution >= 0.6 is 11.8 Å². The summed E-state index contributed by atoms with van der Waals surface area (Å²) in [6, 6.07) is 9.44. The van der Waals surface area contributed by atoms with E-state index in [0.717, 1.165) is 36.3 Å². The minimum absolute atomic E-state index is 0.104. The number of hydrogen-bond acceptors (Lipinski definition) is 4. The summed E-state index contributed by atoms with van der Waals surface area (Å²) in [7, 11) is 1.45. The lowest BCUT2D eigenvalue weighted by Gasteiger charge is -2.12. The Labute approximate surface area is 130 Å². The number of carbonyl (C=O) groups is 2. The molecule has 0 saturated heterocycles. The van der Waals surface area contributed by atoms with Crippen molar-refractivity contribution in [2.45, 2.75) is 32.1 Å². The molecule has 0 unspecified atom stereocenters. The van der Waals surface area contributed by atoms with E-state index in [9.17, 15) is 9.59 Å². The van der Waals surface area contributed by atoms with Crippen molar-refractivity contribution in [3.05, 3.63) is 35.9 Å². The third-order valence-corrected chi connectivity index (χ3v) is 5.29. The minimum Gasteiger partial charge on any atom is -0.469 e. The molecule has 3 nitrogen and oxygen atoms in total. The Morgan fingerprint density at radius 1 is 1.24 bits per heavy atom. The van der Waals surface area contributed by atoms with Crippen molar-refractivity contribution in [3.63, 3.8) is 0 Å². The van der Waals surface area contributed by atoms with Crippen molar-refractivity contribution < 1.29 is 14.3 Å². The van der Waals surface area contributed by atoms with E-state index in [4.69, 9.17) is 4.74 Å².